The van der Waals surface area contributed by atoms with Gasteiger partial charge in [-0.25, -0.2) is 9.18 Å². The molecule has 0 bridgehead atoms. The van der Waals surface area contributed by atoms with Gasteiger partial charge in [-0.1, -0.05) is 22.0 Å². The summed E-state index contributed by atoms with van der Waals surface area (Å²) in [6.07, 6.45) is 3.30. The van der Waals surface area contributed by atoms with Crippen LogP contribution in [0.3, 0.4) is 0 Å². The van der Waals surface area contributed by atoms with E-state index in [2.05, 4.69) is 36.9 Å². The molecule has 1 aromatic heterocycles. The summed E-state index contributed by atoms with van der Waals surface area (Å²) in [5.74, 6) is -1.21. The first-order valence-corrected chi connectivity index (χ1v) is 9.11. The van der Waals surface area contributed by atoms with Crippen molar-refractivity contribution in [3.63, 3.8) is 0 Å². The van der Waals surface area contributed by atoms with Gasteiger partial charge in [0.2, 0.25) is 0 Å². The van der Waals surface area contributed by atoms with Gasteiger partial charge in [0.25, 0.3) is 5.91 Å². The Kier molecular flexibility index (Phi) is 6.33. The molecule has 0 radical (unpaired) electrons. The van der Waals surface area contributed by atoms with Crippen LogP contribution >= 0.6 is 15.9 Å². The van der Waals surface area contributed by atoms with Crippen molar-refractivity contribution >= 4 is 39.2 Å². The molecule has 142 valence electrons. The number of hydrogen-bond donors (Lipinski definition) is 3. The third-order valence-corrected chi connectivity index (χ3v) is 4.25. The fourth-order valence-corrected chi connectivity index (χ4v) is 2.74. The zero-order valence-corrected chi connectivity index (χ0v) is 16.2. The average Bonchev–Trinajstić information content (AvgIpc) is 2.67. The molecule has 0 aliphatic carbocycles. The molecule has 2 aromatic carbocycles. The van der Waals surface area contributed by atoms with Gasteiger partial charge in [0, 0.05) is 34.8 Å². The second-order valence-corrected chi connectivity index (χ2v) is 6.74. The molecule has 0 aliphatic heterocycles. The number of benzene rings is 2. The number of carbonyl (C=O) groups is 2. The summed E-state index contributed by atoms with van der Waals surface area (Å²) in [4.78, 5) is 28.2. The summed E-state index contributed by atoms with van der Waals surface area (Å²) < 4.78 is 14.5. The van der Waals surface area contributed by atoms with Crippen molar-refractivity contribution in [2.45, 2.75) is 6.54 Å². The maximum atomic E-state index is 13.9. The summed E-state index contributed by atoms with van der Waals surface area (Å²) in [5.41, 5.74) is 1.76. The normalized spacial score (nSPS) is 10.2. The van der Waals surface area contributed by atoms with Crippen LogP contribution in [0, 0.1) is 5.82 Å². The topological polar surface area (TPSA) is 83.1 Å². The summed E-state index contributed by atoms with van der Waals surface area (Å²) in [6, 6.07) is 14.0. The molecule has 0 atom stereocenters. The Morgan fingerprint density at radius 1 is 0.964 bits per heavy atom. The molecule has 0 saturated carbocycles. The van der Waals surface area contributed by atoms with Crippen molar-refractivity contribution in [2.75, 3.05) is 10.6 Å². The van der Waals surface area contributed by atoms with Crippen LogP contribution in [0.15, 0.2) is 71.5 Å². The summed E-state index contributed by atoms with van der Waals surface area (Å²) in [6.45, 7) is 0.355. The first kappa shape index (κ1) is 19.5. The Morgan fingerprint density at radius 2 is 1.68 bits per heavy atom. The lowest BCUT2D eigenvalue weighted by molar-refractivity contribution is 0.102. The second-order valence-electron chi connectivity index (χ2n) is 5.82. The number of hydrogen-bond acceptors (Lipinski definition) is 3. The highest BCUT2D eigenvalue weighted by Gasteiger charge is 2.12. The van der Waals surface area contributed by atoms with Crippen LogP contribution in [0.4, 0.5) is 20.6 Å². The molecule has 0 fully saturated rings. The van der Waals surface area contributed by atoms with E-state index in [4.69, 9.17) is 0 Å². The van der Waals surface area contributed by atoms with Gasteiger partial charge in [0.1, 0.15) is 5.82 Å². The third kappa shape index (κ3) is 5.37. The number of nitrogens with one attached hydrogen (secondary N) is 3. The zero-order valence-electron chi connectivity index (χ0n) is 14.6. The van der Waals surface area contributed by atoms with Crippen LogP contribution in [0.2, 0.25) is 0 Å². The Bertz CT molecular complexity index is 999. The van der Waals surface area contributed by atoms with Crippen LogP contribution in [-0.4, -0.2) is 16.9 Å². The predicted octanol–water partition coefficient (Wildman–Crippen LogP) is 4.56. The van der Waals surface area contributed by atoms with E-state index in [0.717, 1.165) is 5.56 Å². The van der Waals surface area contributed by atoms with Gasteiger partial charge in [0.15, 0.2) is 0 Å². The van der Waals surface area contributed by atoms with Gasteiger partial charge in [-0.3, -0.25) is 9.78 Å². The molecular weight excluding hydrogens is 427 g/mol. The van der Waals surface area contributed by atoms with Crippen LogP contribution in [0.25, 0.3) is 0 Å². The van der Waals surface area contributed by atoms with Gasteiger partial charge >= 0.3 is 6.03 Å². The SMILES string of the molecule is O=C(NCc1ccncc1)Nc1cccc(NC(=O)c2ccc(Br)cc2F)c1. The average molecular weight is 443 g/mol. The molecule has 3 N–H and O–H groups in total. The highest BCUT2D eigenvalue weighted by Crippen LogP contribution is 2.19. The highest BCUT2D eigenvalue weighted by molar-refractivity contribution is 9.10. The Balaban J connectivity index is 1.60. The molecule has 3 aromatic rings. The Morgan fingerprint density at radius 3 is 2.39 bits per heavy atom. The highest BCUT2D eigenvalue weighted by atomic mass is 79.9. The molecule has 0 aliphatic rings. The Hall–Kier alpha value is -3.26. The van der Waals surface area contributed by atoms with E-state index < -0.39 is 11.7 Å². The number of halogens is 2. The lowest BCUT2D eigenvalue weighted by Gasteiger charge is -2.10. The number of urea groups is 1. The van der Waals surface area contributed by atoms with E-state index >= 15 is 0 Å². The van der Waals surface area contributed by atoms with Crippen molar-refractivity contribution in [2.24, 2.45) is 0 Å². The fraction of sp³-hybridized carbons (Fsp3) is 0.0500. The molecule has 8 heteroatoms. The molecule has 0 spiro atoms. The minimum absolute atomic E-state index is 0.0725. The first-order valence-electron chi connectivity index (χ1n) is 8.31. The van der Waals surface area contributed by atoms with Gasteiger partial charge in [0.05, 0.1) is 5.56 Å². The smallest absolute Gasteiger partial charge is 0.319 e. The van der Waals surface area contributed by atoms with Crippen LogP contribution in [0.5, 0.6) is 0 Å². The molecule has 28 heavy (non-hydrogen) atoms. The van der Waals surface area contributed by atoms with Crippen LogP contribution < -0.4 is 16.0 Å². The molecule has 0 unspecified atom stereocenters. The van der Waals surface area contributed by atoms with E-state index in [1.807, 2.05) is 0 Å². The van der Waals surface area contributed by atoms with Gasteiger partial charge in [-0.2, -0.15) is 0 Å². The number of carbonyl (C=O) groups excluding carboxylic acids is 2. The minimum Gasteiger partial charge on any atom is -0.334 e. The molecule has 3 amide bonds. The summed E-state index contributed by atoms with van der Waals surface area (Å²) in [5, 5.41) is 8.03. The monoisotopic (exact) mass is 442 g/mol. The molecule has 6 nitrogen and oxygen atoms in total. The third-order valence-electron chi connectivity index (χ3n) is 3.76. The fourth-order valence-electron chi connectivity index (χ4n) is 2.41. The van der Waals surface area contributed by atoms with Crippen molar-refractivity contribution in [3.8, 4) is 0 Å². The van der Waals surface area contributed by atoms with E-state index in [1.165, 1.54) is 12.1 Å². The van der Waals surface area contributed by atoms with Crippen molar-refractivity contribution in [1.82, 2.24) is 10.3 Å². The molecule has 3 rings (SSSR count). The number of nitrogens with zero attached hydrogens (tertiary/aromatic N) is 1. The van der Waals surface area contributed by atoms with Gasteiger partial charge in [-0.15, -0.1) is 0 Å². The first-order chi connectivity index (χ1) is 13.5. The number of pyridine rings is 1. The van der Waals surface area contributed by atoms with Gasteiger partial charge < -0.3 is 16.0 Å². The standard InChI is InChI=1S/C20H16BrFN4O2/c21-14-4-5-17(18(22)10-14)19(27)25-15-2-1-3-16(11-15)26-20(28)24-12-13-6-8-23-9-7-13/h1-11H,12H2,(H,25,27)(H2,24,26,28). The van der Waals surface area contributed by atoms with Crippen LogP contribution in [-0.2, 0) is 6.54 Å². The van der Waals surface area contributed by atoms with E-state index in [-0.39, 0.29) is 11.6 Å². The maximum absolute atomic E-state index is 13.9. The number of aromatic nitrogens is 1. The lowest BCUT2D eigenvalue weighted by atomic mass is 10.2. The molecule has 1 heterocycles. The quantitative estimate of drug-likeness (QED) is 0.541. The summed E-state index contributed by atoms with van der Waals surface area (Å²) in [7, 11) is 0. The van der Waals surface area contributed by atoms with Crippen molar-refractivity contribution in [3.05, 3.63) is 88.4 Å². The van der Waals surface area contributed by atoms with Crippen LogP contribution in [0.1, 0.15) is 15.9 Å². The number of rotatable bonds is 5. The van der Waals surface area contributed by atoms with Crippen molar-refractivity contribution < 1.29 is 14.0 Å². The number of amides is 3. The lowest BCUT2D eigenvalue weighted by Crippen LogP contribution is -2.28. The number of anilines is 2. The maximum Gasteiger partial charge on any atom is 0.319 e. The molecular formula is C20H16BrFN4O2. The van der Waals surface area contributed by atoms with Crippen molar-refractivity contribution in [1.29, 1.82) is 0 Å². The van der Waals surface area contributed by atoms with E-state index in [9.17, 15) is 14.0 Å². The largest absolute Gasteiger partial charge is 0.334 e. The van der Waals surface area contributed by atoms with E-state index in [0.29, 0.717) is 22.4 Å². The Labute approximate surface area is 169 Å². The zero-order chi connectivity index (χ0) is 19.9. The second kappa shape index (κ2) is 9.09. The molecule has 0 saturated heterocycles. The minimum atomic E-state index is -0.628. The van der Waals surface area contributed by atoms with Gasteiger partial charge in [-0.05, 0) is 54.1 Å². The predicted molar refractivity (Wildman–Crippen MR) is 109 cm³/mol. The van der Waals surface area contributed by atoms with E-state index in [1.54, 1.807) is 54.9 Å². The summed E-state index contributed by atoms with van der Waals surface area (Å²) >= 11 is 3.15.